The molecule has 0 aliphatic carbocycles. The van der Waals surface area contributed by atoms with Gasteiger partial charge in [0.25, 0.3) is 0 Å². The molecule has 110 valence electrons. The average molecular weight is 306 g/mol. The van der Waals surface area contributed by atoms with Crippen LogP contribution >= 0.6 is 0 Å². The van der Waals surface area contributed by atoms with E-state index in [4.69, 9.17) is 0 Å². The van der Waals surface area contributed by atoms with Crippen LogP contribution < -0.4 is 10.0 Å². The number of sulfonamides is 1. The monoisotopic (exact) mass is 306 g/mol. The Morgan fingerprint density at radius 1 is 1.14 bits per heavy atom. The fraction of sp³-hybridized carbons (Fsp3) is 0.200. The van der Waals surface area contributed by atoms with Crippen LogP contribution in [0.25, 0.3) is 0 Å². The molecular formula is C15H15FN2O2S. The zero-order chi connectivity index (χ0) is 14.9. The lowest BCUT2D eigenvalue weighted by Gasteiger charge is -2.08. The Hall–Kier alpha value is -1.92. The summed E-state index contributed by atoms with van der Waals surface area (Å²) < 4.78 is 39.9. The van der Waals surface area contributed by atoms with Gasteiger partial charge in [0.2, 0.25) is 10.0 Å². The minimum atomic E-state index is -3.56. The Morgan fingerprint density at radius 2 is 1.90 bits per heavy atom. The lowest BCUT2D eigenvalue weighted by molar-refractivity contribution is 0.581. The Balaban J connectivity index is 1.76. The van der Waals surface area contributed by atoms with Crippen LogP contribution in [0, 0.1) is 5.82 Å². The third-order valence-electron chi connectivity index (χ3n) is 3.48. The summed E-state index contributed by atoms with van der Waals surface area (Å²) in [7, 11) is -3.56. The van der Waals surface area contributed by atoms with Gasteiger partial charge in [-0.05, 0) is 47.9 Å². The second-order valence-corrected chi connectivity index (χ2v) is 6.71. The van der Waals surface area contributed by atoms with E-state index in [0.717, 1.165) is 24.2 Å². The van der Waals surface area contributed by atoms with E-state index in [1.165, 1.54) is 12.1 Å². The Morgan fingerprint density at radius 3 is 2.67 bits per heavy atom. The molecule has 0 amide bonds. The lowest BCUT2D eigenvalue weighted by atomic mass is 10.2. The molecule has 0 aromatic heterocycles. The largest absolute Gasteiger partial charge is 0.384 e. The number of nitrogens with one attached hydrogen (secondary N) is 2. The van der Waals surface area contributed by atoms with Crippen LogP contribution in [0.15, 0.2) is 47.4 Å². The maximum atomic E-state index is 12.8. The molecule has 0 saturated carbocycles. The maximum absolute atomic E-state index is 12.8. The minimum Gasteiger partial charge on any atom is -0.384 e. The summed E-state index contributed by atoms with van der Waals surface area (Å²) in [5.74, 6) is -0.340. The number of fused-ring (bicyclic) bond motifs is 1. The third-order valence-corrected chi connectivity index (χ3v) is 4.88. The zero-order valence-electron chi connectivity index (χ0n) is 11.3. The van der Waals surface area contributed by atoms with Gasteiger partial charge in [-0.1, -0.05) is 12.1 Å². The standard InChI is InChI=1S/C15H15FN2O2S/c16-13-3-1-11(2-4-13)10-18-21(19,20)14-5-6-15-12(9-14)7-8-17-15/h1-6,9,17-18H,7-8,10H2. The molecular weight excluding hydrogens is 291 g/mol. The molecule has 4 nitrogen and oxygen atoms in total. The second kappa shape index (κ2) is 5.46. The minimum absolute atomic E-state index is 0.137. The SMILES string of the molecule is O=S(=O)(NCc1ccc(F)cc1)c1ccc2c(c1)CCN2. The summed E-state index contributed by atoms with van der Waals surface area (Å²) in [6.07, 6.45) is 0.830. The summed E-state index contributed by atoms with van der Waals surface area (Å²) in [6.45, 7) is 0.972. The van der Waals surface area contributed by atoms with Crippen LogP contribution in [0.2, 0.25) is 0 Å². The highest BCUT2D eigenvalue weighted by Crippen LogP contribution is 2.25. The number of halogens is 1. The molecule has 0 unspecified atom stereocenters. The van der Waals surface area contributed by atoms with Crippen molar-refractivity contribution in [2.24, 2.45) is 0 Å². The van der Waals surface area contributed by atoms with Crippen LogP contribution in [-0.2, 0) is 23.0 Å². The first-order valence-electron chi connectivity index (χ1n) is 6.65. The van der Waals surface area contributed by atoms with Gasteiger partial charge in [0.05, 0.1) is 4.90 Å². The van der Waals surface area contributed by atoms with Crippen LogP contribution in [0.4, 0.5) is 10.1 Å². The normalized spacial score (nSPS) is 13.8. The highest BCUT2D eigenvalue weighted by molar-refractivity contribution is 7.89. The average Bonchev–Trinajstić information content (AvgIpc) is 2.94. The first-order valence-corrected chi connectivity index (χ1v) is 8.14. The van der Waals surface area contributed by atoms with Gasteiger partial charge < -0.3 is 5.32 Å². The molecule has 0 radical (unpaired) electrons. The molecule has 0 bridgehead atoms. The van der Waals surface area contributed by atoms with Gasteiger partial charge in [0.15, 0.2) is 0 Å². The van der Waals surface area contributed by atoms with Crippen molar-refractivity contribution in [2.45, 2.75) is 17.9 Å². The fourth-order valence-corrected chi connectivity index (χ4v) is 3.38. The smallest absolute Gasteiger partial charge is 0.240 e. The van der Waals surface area contributed by atoms with Gasteiger partial charge in [0.1, 0.15) is 5.82 Å². The fourth-order valence-electron chi connectivity index (χ4n) is 2.31. The van der Waals surface area contributed by atoms with Gasteiger partial charge in [0, 0.05) is 18.8 Å². The molecule has 6 heteroatoms. The van der Waals surface area contributed by atoms with Crippen LogP contribution in [-0.4, -0.2) is 15.0 Å². The zero-order valence-corrected chi connectivity index (χ0v) is 12.1. The molecule has 0 atom stereocenters. The maximum Gasteiger partial charge on any atom is 0.240 e. The highest BCUT2D eigenvalue weighted by Gasteiger charge is 2.17. The van der Waals surface area contributed by atoms with E-state index < -0.39 is 10.0 Å². The summed E-state index contributed by atoms with van der Waals surface area (Å²) in [5, 5.41) is 3.19. The molecule has 2 N–H and O–H groups in total. The van der Waals surface area contributed by atoms with Crippen molar-refractivity contribution in [1.82, 2.24) is 4.72 Å². The summed E-state index contributed by atoms with van der Waals surface area (Å²) in [4.78, 5) is 0.257. The van der Waals surface area contributed by atoms with Crippen LogP contribution in [0.5, 0.6) is 0 Å². The van der Waals surface area contributed by atoms with Gasteiger partial charge >= 0.3 is 0 Å². The molecule has 2 aromatic rings. The third kappa shape index (κ3) is 3.06. The highest BCUT2D eigenvalue weighted by atomic mass is 32.2. The summed E-state index contributed by atoms with van der Waals surface area (Å²) >= 11 is 0. The molecule has 1 aliphatic rings. The van der Waals surface area contributed by atoms with E-state index in [9.17, 15) is 12.8 Å². The van der Waals surface area contributed by atoms with Gasteiger partial charge in [-0.15, -0.1) is 0 Å². The van der Waals surface area contributed by atoms with Crippen LogP contribution in [0.3, 0.4) is 0 Å². The van der Waals surface area contributed by atoms with Crippen molar-refractivity contribution < 1.29 is 12.8 Å². The van der Waals surface area contributed by atoms with Crippen molar-refractivity contribution in [3.05, 3.63) is 59.4 Å². The Kier molecular flexibility index (Phi) is 3.65. The van der Waals surface area contributed by atoms with Crippen molar-refractivity contribution in [1.29, 1.82) is 0 Å². The van der Waals surface area contributed by atoms with Gasteiger partial charge in [-0.2, -0.15) is 0 Å². The van der Waals surface area contributed by atoms with Gasteiger partial charge in [-0.3, -0.25) is 0 Å². The van der Waals surface area contributed by atoms with E-state index in [1.807, 2.05) is 0 Å². The molecule has 0 spiro atoms. The topological polar surface area (TPSA) is 58.2 Å². The molecule has 3 rings (SSSR count). The number of benzene rings is 2. The van der Waals surface area contributed by atoms with Crippen LogP contribution in [0.1, 0.15) is 11.1 Å². The first-order chi connectivity index (χ1) is 10.0. The van der Waals surface area contributed by atoms with Crippen molar-refractivity contribution in [3.8, 4) is 0 Å². The molecule has 21 heavy (non-hydrogen) atoms. The van der Waals surface area contributed by atoms with E-state index in [2.05, 4.69) is 10.0 Å². The number of hydrogen-bond donors (Lipinski definition) is 2. The lowest BCUT2D eigenvalue weighted by Crippen LogP contribution is -2.23. The summed E-state index contributed by atoms with van der Waals surface area (Å²) in [5.41, 5.74) is 2.72. The molecule has 0 fully saturated rings. The molecule has 2 aromatic carbocycles. The van der Waals surface area contributed by atoms with E-state index in [-0.39, 0.29) is 17.3 Å². The molecule has 1 aliphatic heterocycles. The number of anilines is 1. The predicted molar refractivity (Wildman–Crippen MR) is 79.1 cm³/mol. The summed E-state index contributed by atoms with van der Waals surface area (Å²) in [6, 6.07) is 10.8. The van der Waals surface area contributed by atoms with E-state index in [1.54, 1.807) is 30.3 Å². The molecule has 0 saturated heterocycles. The molecule has 1 heterocycles. The van der Waals surface area contributed by atoms with E-state index in [0.29, 0.717) is 5.56 Å². The number of hydrogen-bond acceptors (Lipinski definition) is 3. The first kappa shape index (κ1) is 14.0. The second-order valence-electron chi connectivity index (χ2n) is 4.95. The Bertz CT molecular complexity index is 758. The number of rotatable bonds is 4. The predicted octanol–water partition coefficient (Wildman–Crippen LogP) is 2.27. The Labute approximate surface area is 123 Å². The van der Waals surface area contributed by atoms with Crippen molar-refractivity contribution in [3.63, 3.8) is 0 Å². The van der Waals surface area contributed by atoms with E-state index >= 15 is 0 Å². The van der Waals surface area contributed by atoms with Gasteiger partial charge in [-0.25, -0.2) is 17.5 Å². The quantitative estimate of drug-likeness (QED) is 0.911. The van der Waals surface area contributed by atoms with Crippen molar-refractivity contribution in [2.75, 3.05) is 11.9 Å². The van der Waals surface area contributed by atoms with Crippen molar-refractivity contribution >= 4 is 15.7 Å².